The fourth-order valence-corrected chi connectivity index (χ4v) is 3.82. The van der Waals surface area contributed by atoms with Crippen LogP contribution in [0.3, 0.4) is 0 Å². The monoisotopic (exact) mass is 405 g/mol. The van der Waals surface area contributed by atoms with E-state index in [0.29, 0.717) is 42.1 Å². The molecule has 1 aromatic carbocycles. The molecule has 1 atom stereocenters. The Morgan fingerprint density at radius 3 is 2.43 bits per heavy atom. The first kappa shape index (κ1) is 21.8. The average molecular weight is 406 g/mol. The van der Waals surface area contributed by atoms with E-state index in [9.17, 15) is 4.79 Å². The number of rotatable bonds is 11. The maximum Gasteiger partial charge on any atom is 0.319 e. The van der Waals surface area contributed by atoms with E-state index in [4.69, 9.17) is 14.2 Å². The lowest BCUT2D eigenvalue weighted by Crippen LogP contribution is -2.21. The third-order valence-corrected chi connectivity index (χ3v) is 5.21. The highest BCUT2D eigenvalue weighted by Crippen LogP contribution is 2.33. The highest BCUT2D eigenvalue weighted by atomic mass is 32.2. The minimum Gasteiger partial charge on any atom is -0.497 e. The van der Waals surface area contributed by atoms with Crippen LogP contribution in [0.2, 0.25) is 0 Å². The quantitative estimate of drug-likeness (QED) is 0.318. The highest BCUT2D eigenvalue weighted by molar-refractivity contribution is 8.00. The van der Waals surface area contributed by atoms with E-state index in [-0.39, 0.29) is 11.2 Å². The van der Waals surface area contributed by atoms with Gasteiger partial charge in [-0.05, 0) is 25.5 Å². The lowest BCUT2D eigenvalue weighted by molar-refractivity contribution is -0.142. The molecule has 8 heteroatoms. The van der Waals surface area contributed by atoms with Gasteiger partial charge in [-0.1, -0.05) is 31.2 Å². The Hall–Kier alpha value is -2.48. The topological polar surface area (TPSA) is 75.5 Å². The molecule has 2 rings (SSSR count). The van der Waals surface area contributed by atoms with Crippen molar-refractivity contribution in [1.82, 2.24) is 14.8 Å². The predicted octanol–water partition coefficient (Wildman–Crippen LogP) is 3.97. The molecule has 0 unspecified atom stereocenters. The van der Waals surface area contributed by atoms with Crippen LogP contribution in [0, 0.1) is 0 Å². The van der Waals surface area contributed by atoms with E-state index in [2.05, 4.69) is 16.8 Å². The molecule has 1 aromatic heterocycles. The summed E-state index contributed by atoms with van der Waals surface area (Å²) in [4.78, 5) is 12.3. The number of hydrogen-bond acceptors (Lipinski definition) is 7. The molecule has 28 heavy (non-hydrogen) atoms. The number of carbonyl (C=O) groups excluding carboxylic acids is 1. The molecule has 2 aromatic rings. The van der Waals surface area contributed by atoms with Gasteiger partial charge in [0, 0.05) is 18.2 Å². The second kappa shape index (κ2) is 10.8. The second-order valence-corrected chi connectivity index (χ2v) is 7.12. The Bertz CT molecular complexity index is 784. The van der Waals surface area contributed by atoms with Gasteiger partial charge in [-0.3, -0.25) is 9.36 Å². The van der Waals surface area contributed by atoms with Crippen LogP contribution in [0.1, 0.15) is 26.7 Å². The van der Waals surface area contributed by atoms with Gasteiger partial charge >= 0.3 is 5.97 Å². The molecular formula is C20H27N3O4S. The number of carbonyl (C=O) groups is 1. The minimum absolute atomic E-state index is 0.230. The first-order chi connectivity index (χ1) is 13.6. The Labute approximate surface area is 170 Å². The minimum atomic E-state index is -0.328. The van der Waals surface area contributed by atoms with Crippen LogP contribution in [-0.2, 0) is 16.1 Å². The molecular weight excluding hydrogens is 378 g/mol. The van der Waals surface area contributed by atoms with Crippen molar-refractivity contribution in [3.8, 4) is 22.9 Å². The number of nitrogens with zero attached hydrogens (tertiary/aromatic N) is 3. The van der Waals surface area contributed by atoms with Crippen molar-refractivity contribution in [3.63, 3.8) is 0 Å². The molecule has 152 valence electrons. The van der Waals surface area contributed by atoms with E-state index in [1.54, 1.807) is 33.3 Å². The molecule has 0 bridgehead atoms. The molecule has 0 spiro atoms. The lowest BCUT2D eigenvalue weighted by Gasteiger charge is -2.15. The predicted molar refractivity (Wildman–Crippen MR) is 110 cm³/mol. The van der Waals surface area contributed by atoms with Crippen molar-refractivity contribution in [1.29, 1.82) is 0 Å². The van der Waals surface area contributed by atoms with Crippen molar-refractivity contribution >= 4 is 17.7 Å². The summed E-state index contributed by atoms with van der Waals surface area (Å²) in [5.41, 5.74) is 0.806. The first-order valence-electron chi connectivity index (χ1n) is 9.18. The van der Waals surface area contributed by atoms with Crippen molar-refractivity contribution in [2.24, 2.45) is 0 Å². The average Bonchev–Trinajstić information content (AvgIpc) is 3.10. The van der Waals surface area contributed by atoms with Crippen molar-refractivity contribution in [2.45, 2.75) is 43.6 Å². The van der Waals surface area contributed by atoms with Crippen molar-refractivity contribution < 1.29 is 19.0 Å². The SMILES string of the molecule is C=CCn1c(S[C@H](CCC)C(=O)OCC)nnc1-c1cc(OC)cc(OC)c1. The molecule has 0 aliphatic rings. The fourth-order valence-electron chi connectivity index (χ4n) is 2.67. The van der Waals surface area contributed by atoms with Gasteiger partial charge in [0.15, 0.2) is 11.0 Å². The summed E-state index contributed by atoms with van der Waals surface area (Å²) in [6.07, 6.45) is 3.34. The van der Waals surface area contributed by atoms with E-state index < -0.39 is 0 Å². The molecule has 0 N–H and O–H groups in total. The van der Waals surface area contributed by atoms with E-state index >= 15 is 0 Å². The summed E-state index contributed by atoms with van der Waals surface area (Å²) >= 11 is 1.37. The normalized spacial score (nSPS) is 11.7. The maximum atomic E-state index is 12.3. The zero-order chi connectivity index (χ0) is 20.5. The van der Waals surface area contributed by atoms with Crippen LogP contribution in [0.4, 0.5) is 0 Å². The summed E-state index contributed by atoms with van der Waals surface area (Å²) in [5.74, 6) is 1.74. The number of esters is 1. The summed E-state index contributed by atoms with van der Waals surface area (Å²) < 4.78 is 17.8. The summed E-state index contributed by atoms with van der Waals surface area (Å²) in [6.45, 7) is 8.54. The Kier molecular flexibility index (Phi) is 8.38. The smallest absolute Gasteiger partial charge is 0.319 e. The molecule has 0 amide bonds. The Morgan fingerprint density at radius 1 is 1.21 bits per heavy atom. The van der Waals surface area contributed by atoms with Gasteiger partial charge in [0.2, 0.25) is 0 Å². The number of methoxy groups -OCH3 is 2. The van der Waals surface area contributed by atoms with Crippen LogP contribution in [0.15, 0.2) is 36.0 Å². The third kappa shape index (κ3) is 5.28. The van der Waals surface area contributed by atoms with Crippen LogP contribution in [0.25, 0.3) is 11.4 Å². The first-order valence-corrected chi connectivity index (χ1v) is 10.1. The third-order valence-electron chi connectivity index (χ3n) is 3.99. The van der Waals surface area contributed by atoms with Crippen LogP contribution in [-0.4, -0.2) is 46.8 Å². The molecule has 0 aliphatic heterocycles. The van der Waals surface area contributed by atoms with Gasteiger partial charge in [0.25, 0.3) is 0 Å². The molecule has 0 saturated carbocycles. The van der Waals surface area contributed by atoms with Crippen molar-refractivity contribution in [2.75, 3.05) is 20.8 Å². The number of thioether (sulfide) groups is 1. The molecule has 0 aliphatic carbocycles. The van der Waals surface area contributed by atoms with Crippen LogP contribution in [0.5, 0.6) is 11.5 Å². The Morgan fingerprint density at radius 2 is 1.89 bits per heavy atom. The molecule has 1 heterocycles. The molecule has 0 saturated heterocycles. The number of aromatic nitrogens is 3. The zero-order valence-corrected chi connectivity index (χ0v) is 17.6. The maximum absolute atomic E-state index is 12.3. The van der Waals surface area contributed by atoms with Gasteiger partial charge in [-0.25, -0.2) is 0 Å². The number of hydrogen-bond donors (Lipinski definition) is 0. The summed E-state index contributed by atoms with van der Waals surface area (Å²) in [6, 6.07) is 5.54. The van der Waals surface area contributed by atoms with Crippen molar-refractivity contribution in [3.05, 3.63) is 30.9 Å². The van der Waals surface area contributed by atoms with Gasteiger partial charge in [-0.2, -0.15) is 0 Å². The Balaban J connectivity index is 2.42. The largest absolute Gasteiger partial charge is 0.497 e. The summed E-state index contributed by atoms with van der Waals surface area (Å²) in [7, 11) is 3.20. The number of allylic oxidation sites excluding steroid dienone is 1. The zero-order valence-electron chi connectivity index (χ0n) is 16.8. The van der Waals surface area contributed by atoms with Gasteiger partial charge in [-0.15, -0.1) is 16.8 Å². The second-order valence-electron chi connectivity index (χ2n) is 5.95. The number of benzene rings is 1. The molecule has 0 radical (unpaired) electrons. The van der Waals surface area contributed by atoms with E-state index in [1.165, 1.54) is 11.8 Å². The molecule has 0 fully saturated rings. The fraction of sp³-hybridized carbons (Fsp3) is 0.450. The van der Waals surface area contributed by atoms with Crippen LogP contribution >= 0.6 is 11.8 Å². The summed E-state index contributed by atoms with van der Waals surface area (Å²) in [5, 5.41) is 8.99. The lowest BCUT2D eigenvalue weighted by atomic mass is 10.2. The van der Waals surface area contributed by atoms with Gasteiger partial charge < -0.3 is 14.2 Å². The standard InChI is InChI=1S/C20H27N3O4S/c1-6-9-17(19(24)27-8-3)28-20-22-21-18(23(20)10-7-2)14-11-15(25-4)13-16(12-14)26-5/h7,11-13,17H,2,6,8-10H2,1,3-5H3/t17-/m1/s1. The van der Waals surface area contributed by atoms with E-state index in [1.807, 2.05) is 23.6 Å². The van der Waals surface area contributed by atoms with E-state index in [0.717, 1.165) is 12.0 Å². The van der Waals surface area contributed by atoms with Crippen LogP contribution < -0.4 is 9.47 Å². The van der Waals surface area contributed by atoms with Gasteiger partial charge in [0.05, 0.1) is 20.8 Å². The molecule has 7 nitrogen and oxygen atoms in total. The van der Waals surface area contributed by atoms with Gasteiger partial charge in [0.1, 0.15) is 16.7 Å². The number of ether oxygens (including phenoxy) is 3. The highest BCUT2D eigenvalue weighted by Gasteiger charge is 2.24.